The number of allylic oxidation sites excluding steroid dienone is 3. The Hall–Kier alpha value is -2.03. The van der Waals surface area contributed by atoms with Crippen molar-refractivity contribution in [2.24, 2.45) is 0 Å². The number of hydrogen-bond acceptors (Lipinski definition) is 2. The molecule has 0 saturated carbocycles. The van der Waals surface area contributed by atoms with Crippen LogP contribution >= 0.6 is 0 Å². The van der Waals surface area contributed by atoms with Crippen LogP contribution in [-0.2, 0) is 0 Å². The van der Waals surface area contributed by atoms with Crippen molar-refractivity contribution in [3.8, 4) is 5.75 Å². The molecule has 0 unspecified atom stereocenters. The first-order valence-electron chi connectivity index (χ1n) is 5.70. The molecule has 1 aliphatic heterocycles. The van der Waals surface area contributed by atoms with Crippen LogP contribution in [0.2, 0.25) is 0 Å². The fraction of sp³-hybridized carbons (Fsp3) is 0.200. The topological polar surface area (TPSA) is 12.5 Å². The Kier molecular flexibility index (Phi) is 3.24. The van der Waals surface area contributed by atoms with Gasteiger partial charge >= 0.3 is 0 Å². The maximum Gasteiger partial charge on any atom is 0.136 e. The molecule has 1 aromatic rings. The molecule has 1 aliphatic rings. The van der Waals surface area contributed by atoms with Gasteiger partial charge in [-0.25, -0.2) is 4.39 Å². The molecule has 2 rings (SSSR count). The van der Waals surface area contributed by atoms with Crippen LogP contribution in [0.4, 0.5) is 4.39 Å². The quantitative estimate of drug-likeness (QED) is 0.789. The van der Waals surface area contributed by atoms with Gasteiger partial charge in [0.25, 0.3) is 0 Å². The summed E-state index contributed by atoms with van der Waals surface area (Å²) in [6, 6.07) is 4.86. The summed E-state index contributed by atoms with van der Waals surface area (Å²) < 4.78 is 19.0. The summed E-state index contributed by atoms with van der Waals surface area (Å²) in [5.74, 6) is 0.217. The highest BCUT2D eigenvalue weighted by atomic mass is 19.1. The monoisotopic (exact) mass is 245 g/mol. The molecule has 0 atom stereocenters. The summed E-state index contributed by atoms with van der Waals surface area (Å²) in [4.78, 5) is 1.89. The van der Waals surface area contributed by atoms with Crippen molar-refractivity contribution in [2.75, 3.05) is 14.2 Å². The number of likely N-dealkylation sites (N-methyl/N-ethyl adjacent to an activating group) is 1. The number of methoxy groups -OCH3 is 1. The van der Waals surface area contributed by atoms with Crippen molar-refractivity contribution in [3.63, 3.8) is 0 Å². The lowest BCUT2D eigenvalue weighted by Gasteiger charge is -2.28. The zero-order chi connectivity index (χ0) is 13.3. The minimum atomic E-state index is -0.298. The van der Waals surface area contributed by atoms with Crippen LogP contribution in [0.25, 0.3) is 5.70 Å². The third-order valence-corrected chi connectivity index (χ3v) is 3.16. The van der Waals surface area contributed by atoms with Gasteiger partial charge in [-0.2, -0.15) is 0 Å². The predicted molar refractivity (Wildman–Crippen MR) is 71.6 cm³/mol. The Morgan fingerprint density at radius 1 is 1.28 bits per heavy atom. The van der Waals surface area contributed by atoms with E-state index in [1.807, 2.05) is 31.0 Å². The van der Waals surface area contributed by atoms with Gasteiger partial charge in [0.1, 0.15) is 11.6 Å². The van der Waals surface area contributed by atoms with Crippen LogP contribution in [0.5, 0.6) is 5.75 Å². The highest BCUT2D eigenvalue weighted by molar-refractivity contribution is 5.71. The lowest BCUT2D eigenvalue weighted by atomic mass is 10.0. The molecule has 0 fully saturated rings. The van der Waals surface area contributed by atoms with E-state index in [1.54, 1.807) is 12.1 Å². The van der Waals surface area contributed by atoms with Crippen molar-refractivity contribution < 1.29 is 9.13 Å². The molecule has 0 spiro atoms. The number of ether oxygens (including phenoxy) is 1. The SMILES string of the molecule is C=C1C(C)=CC=C(c2ccc(OC)cc2F)N1C. The second-order valence-corrected chi connectivity index (χ2v) is 4.25. The first-order chi connectivity index (χ1) is 8.54. The highest BCUT2D eigenvalue weighted by Crippen LogP contribution is 2.31. The van der Waals surface area contributed by atoms with Gasteiger partial charge < -0.3 is 9.64 Å². The molecule has 2 nitrogen and oxygen atoms in total. The maximum atomic E-state index is 14.0. The van der Waals surface area contributed by atoms with Crippen molar-refractivity contribution in [1.82, 2.24) is 4.90 Å². The van der Waals surface area contributed by atoms with Crippen LogP contribution in [0.3, 0.4) is 0 Å². The smallest absolute Gasteiger partial charge is 0.136 e. The first-order valence-corrected chi connectivity index (χ1v) is 5.70. The van der Waals surface area contributed by atoms with Gasteiger partial charge in [0, 0.05) is 24.4 Å². The van der Waals surface area contributed by atoms with E-state index in [2.05, 4.69) is 6.58 Å². The van der Waals surface area contributed by atoms with Crippen LogP contribution in [0.15, 0.2) is 48.2 Å². The van der Waals surface area contributed by atoms with Crippen molar-refractivity contribution in [3.05, 3.63) is 59.6 Å². The lowest BCUT2D eigenvalue weighted by molar-refractivity contribution is 0.411. The fourth-order valence-corrected chi connectivity index (χ4v) is 1.92. The minimum absolute atomic E-state index is 0.298. The average molecular weight is 245 g/mol. The Balaban J connectivity index is 2.46. The van der Waals surface area contributed by atoms with Crippen molar-refractivity contribution in [1.29, 1.82) is 0 Å². The summed E-state index contributed by atoms with van der Waals surface area (Å²) in [5.41, 5.74) is 3.30. The highest BCUT2D eigenvalue weighted by Gasteiger charge is 2.18. The Bertz CT molecular complexity index is 558. The molecule has 0 bridgehead atoms. The summed E-state index contributed by atoms with van der Waals surface area (Å²) in [7, 11) is 3.41. The zero-order valence-corrected chi connectivity index (χ0v) is 10.8. The Morgan fingerprint density at radius 3 is 2.61 bits per heavy atom. The summed E-state index contributed by atoms with van der Waals surface area (Å²) >= 11 is 0. The zero-order valence-electron chi connectivity index (χ0n) is 10.8. The minimum Gasteiger partial charge on any atom is -0.497 e. The van der Waals surface area contributed by atoms with Crippen LogP contribution < -0.4 is 4.74 Å². The largest absolute Gasteiger partial charge is 0.497 e. The van der Waals surface area contributed by atoms with E-state index in [4.69, 9.17) is 4.74 Å². The van der Waals surface area contributed by atoms with E-state index in [1.165, 1.54) is 13.2 Å². The van der Waals surface area contributed by atoms with E-state index >= 15 is 0 Å². The number of halogens is 1. The van der Waals surface area contributed by atoms with Gasteiger partial charge in [-0.3, -0.25) is 0 Å². The molecule has 0 radical (unpaired) electrons. The van der Waals surface area contributed by atoms with E-state index in [-0.39, 0.29) is 5.82 Å². The summed E-state index contributed by atoms with van der Waals surface area (Å²) in [6.45, 7) is 5.97. The average Bonchev–Trinajstić information content (AvgIpc) is 2.37. The van der Waals surface area contributed by atoms with Gasteiger partial charge in [0.2, 0.25) is 0 Å². The third-order valence-electron chi connectivity index (χ3n) is 3.16. The second kappa shape index (κ2) is 4.69. The summed E-state index contributed by atoms with van der Waals surface area (Å²) in [6.07, 6.45) is 3.84. The van der Waals surface area contributed by atoms with E-state index in [0.29, 0.717) is 11.3 Å². The first kappa shape index (κ1) is 12.4. The molecule has 0 aromatic heterocycles. The van der Waals surface area contributed by atoms with Gasteiger partial charge in [-0.05, 0) is 30.7 Å². The molecular weight excluding hydrogens is 229 g/mol. The van der Waals surface area contributed by atoms with Gasteiger partial charge in [0.15, 0.2) is 0 Å². The number of hydrogen-bond donors (Lipinski definition) is 0. The molecular formula is C15H16FNO. The maximum absolute atomic E-state index is 14.0. The van der Waals surface area contributed by atoms with Crippen LogP contribution in [-0.4, -0.2) is 19.1 Å². The Morgan fingerprint density at radius 2 is 2.00 bits per heavy atom. The fourth-order valence-electron chi connectivity index (χ4n) is 1.92. The molecule has 0 amide bonds. The number of benzene rings is 1. The van der Waals surface area contributed by atoms with E-state index < -0.39 is 0 Å². The normalized spacial score (nSPS) is 15.3. The molecule has 18 heavy (non-hydrogen) atoms. The molecule has 0 aliphatic carbocycles. The predicted octanol–water partition coefficient (Wildman–Crippen LogP) is 3.58. The molecule has 3 heteroatoms. The van der Waals surface area contributed by atoms with Crippen LogP contribution in [0.1, 0.15) is 12.5 Å². The van der Waals surface area contributed by atoms with Crippen LogP contribution in [0, 0.1) is 5.82 Å². The van der Waals surface area contributed by atoms with Gasteiger partial charge in [-0.1, -0.05) is 12.7 Å². The van der Waals surface area contributed by atoms with Crippen molar-refractivity contribution in [2.45, 2.75) is 6.92 Å². The van der Waals surface area contributed by atoms with Gasteiger partial charge in [-0.15, -0.1) is 0 Å². The van der Waals surface area contributed by atoms with Crippen molar-refractivity contribution >= 4 is 5.70 Å². The standard InChI is InChI=1S/C15H16FNO/c1-10-5-8-15(17(3)11(10)2)13-7-6-12(18-4)9-14(13)16/h5-9H,2H2,1,3-4H3. The van der Waals surface area contributed by atoms with E-state index in [0.717, 1.165) is 17.0 Å². The summed E-state index contributed by atoms with van der Waals surface area (Å²) in [5, 5.41) is 0. The molecule has 0 N–H and O–H groups in total. The van der Waals surface area contributed by atoms with E-state index in [9.17, 15) is 4.39 Å². The second-order valence-electron chi connectivity index (χ2n) is 4.25. The lowest BCUT2D eigenvalue weighted by Crippen LogP contribution is -2.19. The molecule has 0 saturated heterocycles. The third kappa shape index (κ3) is 2.04. The van der Waals surface area contributed by atoms with Gasteiger partial charge in [0.05, 0.1) is 12.8 Å². The Labute approximate surface area is 107 Å². The number of nitrogens with zero attached hydrogens (tertiary/aromatic N) is 1. The number of rotatable bonds is 2. The molecule has 1 aromatic carbocycles. The molecule has 94 valence electrons. The molecule has 1 heterocycles.